The lowest BCUT2D eigenvalue weighted by Crippen LogP contribution is -2.50. The van der Waals surface area contributed by atoms with Crippen LogP contribution in [0.15, 0.2) is 29.2 Å². The summed E-state index contributed by atoms with van der Waals surface area (Å²) < 4.78 is 27.0. The molecular weight excluding hydrogens is 306 g/mol. The van der Waals surface area contributed by atoms with Crippen molar-refractivity contribution >= 4 is 15.7 Å². The summed E-state index contributed by atoms with van der Waals surface area (Å²) in [6.45, 7) is 4.80. The van der Waals surface area contributed by atoms with E-state index in [4.69, 9.17) is 5.73 Å². The Balaban J connectivity index is 2.30. The van der Waals surface area contributed by atoms with Crippen LogP contribution in [0.25, 0.3) is 0 Å². The molecule has 7 nitrogen and oxygen atoms in total. The highest BCUT2D eigenvalue weighted by Gasteiger charge is 2.37. The molecule has 2 N–H and O–H groups in total. The van der Waals surface area contributed by atoms with E-state index in [1.807, 2.05) is 6.92 Å². The lowest BCUT2D eigenvalue weighted by molar-refractivity contribution is -0.384. The van der Waals surface area contributed by atoms with Crippen molar-refractivity contribution in [1.82, 2.24) is 4.31 Å². The van der Waals surface area contributed by atoms with Gasteiger partial charge in [0, 0.05) is 24.7 Å². The minimum absolute atomic E-state index is 0.0790. The third-order valence-corrected chi connectivity index (χ3v) is 6.37. The number of sulfonamides is 1. The first-order valence-electron chi connectivity index (χ1n) is 7.23. The average Bonchev–Trinajstić information content (AvgIpc) is 2.47. The normalized spacial score (nSPS) is 26.8. The maximum atomic E-state index is 12.8. The fourth-order valence-electron chi connectivity index (χ4n) is 2.96. The standard InChI is InChI=1S/C14H21N3O4S/c1-10-7-11(2)16(9-12(10)8-15)22(20,21)14-5-3-13(4-6-14)17(18)19/h3-6,10-12H,7-9,15H2,1-2H3. The van der Waals surface area contributed by atoms with E-state index in [2.05, 4.69) is 6.92 Å². The van der Waals surface area contributed by atoms with Crippen LogP contribution in [0.3, 0.4) is 0 Å². The summed E-state index contributed by atoms with van der Waals surface area (Å²) in [5.74, 6) is 0.507. The number of hydrogen-bond donors (Lipinski definition) is 1. The number of nitro benzene ring substituents is 1. The Morgan fingerprint density at radius 2 is 1.91 bits per heavy atom. The topological polar surface area (TPSA) is 107 Å². The van der Waals surface area contributed by atoms with Gasteiger partial charge >= 0.3 is 0 Å². The number of nitro groups is 1. The Kier molecular flexibility index (Phi) is 4.84. The number of benzene rings is 1. The lowest BCUT2D eigenvalue weighted by atomic mass is 9.85. The van der Waals surface area contributed by atoms with Crippen molar-refractivity contribution in [3.05, 3.63) is 34.4 Å². The van der Waals surface area contributed by atoms with E-state index >= 15 is 0 Å². The number of rotatable bonds is 4. The zero-order chi connectivity index (χ0) is 16.5. The van der Waals surface area contributed by atoms with Gasteiger partial charge in [-0.05, 0) is 43.9 Å². The van der Waals surface area contributed by atoms with Gasteiger partial charge in [0.2, 0.25) is 10.0 Å². The van der Waals surface area contributed by atoms with Gasteiger partial charge in [0.25, 0.3) is 5.69 Å². The molecule has 0 bridgehead atoms. The van der Waals surface area contributed by atoms with Crippen molar-refractivity contribution in [2.45, 2.75) is 31.2 Å². The first-order chi connectivity index (χ1) is 10.3. The highest BCUT2D eigenvalue weighted by molar-refractivity contribution is 7.89. The van der Waals surface area contributed by atoms with Gasteiger partial charge in [0.1, 0.15) is 0 Å². The molecule has 0 spiro atoms. The summed E-state index contributed by atoms with van der Waals surface area (Å²) in [5.41, 5.74) is 5.61. The first-order valence-corrected chi connectivity index (χ1v) is 8.67. The van der Waals surface area contributed by atoms with Crippen LogP contribution >= 0.6 is 0 Å². The fourth-order valence-corrected chi connectivity index (χ4v) is 4.65. The van der Waals surface area contributed by atoms with Crippen molar-refractivity contribution in [3.63, 3.8) is 0 Å². The highest BCUT2D eigenvalue weighted by atomic mass is 32.2. The van der Waals surface area contributed by atoms with Gasteiger partial charge in [0.05, 0.1) is 9.82 Å². The van der Waals surface area contributed by atoms with E-state index < -0.39 is 14.9 Å². The first kappa shape index (κ1) is 16.9. The number of hydrogen-bond acceptors (Lipinski definition) is 5. The van der Waals surface area contributed by atoms with Crippen molar-refractivity contribution in [2.75, 3.05) is 13.1 Å². The third kappa shape index (κ3) is 3.13. The molecule has 0 saturated carbocycles. The molecule has 3 atom stereocenters. The van der Waals surface area contributed by atoms with Gasteiger partial charge in [-0.3, -0.25) is 10.1 Å². The maximum Gasteiger partial charge on any atom is 0.269 e. The average molecular weight is 327 g/mol. The number of nitrogens with zero attached hydrogens (tertiary/aromatic N) is 2. The van der Waals surface area contributed by atoms with E-state index in [1.165, 1.54) is 28.6 Å². The molecule has 8 heteroatoms. The van der Waals surface area contributed by atoms with Crippen molar-refractivity contribution in [3.8, 4) is 0 Å². The molecule has 3 unspecified atom stereocenters. The second-order valence-corrected chi connectivity index (χ2v) is 7.77. The summed E-state index contributed by atoms with van der Waals surface area (Å²) in [6.07, 6.45) is 0.758. The molecule has 22 heavy (non-hydrogen) atoms. The monoisotopic (exact) mass is 327 g/mol. The van der Waals surface area contributed by atoms with Gasteiger partial charge in [0.15, 0.2) is 0 Å². The Labute approximate surface area is 130 Å². The largest absolute Gasteiger partial charge is 0.330 e. The predicted molar refractivity (Wildman–Crippen MR) is 82.8 cm³/mol. The predicted octanol–water partition coefficient (Wildman–Crippen LogP) is 1.59. The highest BCUT2D eigenvalue weighted by Crippen LogP contribution is 2.31. The number of piperidine rings is 1. The number of nitrogens with two attached hydrogens (primary N) is 1. The summed E-state index contributed by atoms with van der Waals surface area (Å²) in [7, 11) is -3.66. The van der Waals surface area contributed by atoms with Gasteiger partial charge in [-0.2, -0.15) is 4.31 Å². The SMILES string of the molecule is CC1CC(C)N(S(=O)(=O)c2ccc([N+](=O)[O-])cc2)CC1CN. The van der Waals surface area contributed by atoms with E-state index in [0.717, 1.165) is 6.42 Å². The molecule has 1 heterocycles. The van der Waals surface area contributed by atoms with Crippen molar-refractivity contribution in [1.29, 1.82) is 0 Å². The molecule has 1 aromatic rings. The quantitative estimate of drug-likeness (QED) is 0.667. The molecular formula is C14H21N3O4S. The van der Waals surface area contributed by atoms with E-state index in [1.54, 1.807) is 0 Å². The lowest BCUT2D eigenvalue weighted by Gasteiger charge is -2.40. The Hall–Kier alpha value is -1.51. The molecule has 1 aromatic carbocycles. The summed E-state index contributed by atoms with van der Waals surface area (Å²) in [6, 6.07) is 4.89. The van der Waals surface area contributed by atoms with Crippen LogP contribution in [0.2, 0.25) is 0 Å². The molecule has 1 aliphatic heterocycles. The van der Waals surface area contributed by atoms with E-state index in [9.17, 15) is 18.5 Å². The second kappa shape index (κ2) is 6.31. The van der Waals surface area contributed by atoms with Crippen LogP contribution in [0.4, 0.5) is 5.69 Å². The molecule has 1 saturated heterocycles. The van der Waals surface area contributed by atoms with Crippen LogP contribution in [-0.4, -0.2) is 36.8 Å². The minimum atomic E-state index is -3.66. The van der Waals surface area contributed by atoms with Crippen LogP contribution in [0, 0.1) is 22.0 Å². The second-order valence-electron chi connectivity index (χ2n) is 5.88. The molecule has 0 amide bonds. The third-order valence-electron chi connectivity index (χ3n) is 4.38. The van der Waals surface area contributed by atoms with Gasteiger partial charge in [-0.1, -0.05) is 6.92 Å². The van der Waals surface area contributed by atoms with Crippen LogP contribution in [0.5, 0.6) is 0 Å². The number of non-ortho nitro benzene ring substituents is 1. The van der Waals surface area contributed by atoms with Crippen LogP contribution < -0.4 is 5.73 Å². The molecule has 122 valence electrons. The van der Waals surface area contributed by atoms with Gasteiger partial charge in [-0.25, -0.2) is 8.42 Å². The molecule has 0 aromatic heterocycles. The van der Waals surface area contributed by atoms with Crippen LogP contribution in [0.1, 0.15) is 20.3 Å². The minimum Gasteiger partial charge on any atom is -0.330 e. The maximum absolute atomic E-state index is 12.8. The zero-order valence-corrected chi connectivity index (χ0v) is 13.5. The Morgan fingerprint density at radius 1 is 1.32 bits per heavy atom. The fraction of sp³-hybridized carbons (Fsp3) is 0.571. The van der Waals surface area contributed by atoms with Gasteiger partial charge < -0.3 is 5.73 Å². The van der Waals surface area contributed by atoms with E-state index in [0.29, 0.717) is 19.0 Å². The molecule has 2 rings (SSSR count). The van der Waals surface area contributed by atoms with Crippen molar-refractivity contribution in [2.24, 2.45) is 17.6 Å². The summed E-state index contributed by atoms with van der Waals surface area (Å²) in [4.78, 5) is 10.2. The molecule has 1 fully saturated rings. The smallest absolute Gasteiger partial charge is 0.269 e. The van der Waals surface area contributed by atoms with Crippen LogP contribution in [-0.2, 0) is 10.0 Å². The summed E-state index contributed by atoms with van der Waals surface area (Å²) in [5, 5.41) is 10.7. The Morgan fingerprint density at radius 3 is 2.41 bits per heavy atom. The van der Waals surface area contributed by atoms with Gasteiger partial charge in [-0.15, -0.1) is 0 Å². The van der Waals surface area contributed by atoms with E-state index in [-0.39, 0.29) is 22.5 Å². The Bertz CT molecular complexity index is 645. The summed E-state index contributed by atoms with van der Waals surface area (Å²) >= 11 is 0. The molecule has 1 aliphatic rings. The van der Waals surface area contributed by atoms with Crippen molar-refractivity contribution < 1.29 is 13.3 Å². The molecule has 0 radical (unpaired) electrons. The molecule has 0 aliphatic carbocycles. The zero-order valence-electron chi connectivity index (χ0n) is 12.7.